The number of carbonyl (C=O) groups is 1. The summed E-state index contributed by atoms with van der Waals surface area (Å²) < 4.78 is 45.8. The second-order valence-corrected chi connectivity index (χ2v) is 5.15. The third-order valence-electron chi connectivity index (χ3n) is 3.26. The van der Waals surface area contributed by atoms with Gasteiger partial charge in [0.15, 0.2) is 0 Å². The van der Waals surface area contributed by atoms with Crippen molar-refractivity contribution in [2.45, 2.75) is 31.7 Å². The van der Waals surface area contributed by atoms with Crippen LogP contribution in [0, 0.1) is 0 Å². The normalized spacial score (nSPS) is 18.4. The van der Waals surface area contributed by atoms with Crippen molar-refractivity contribution in [3.05, 3.63) is 35.4 Å². The molecule has 0 aliphatic carbocycles. The van der Waals surface area contributed by atoms with Gasteiger partial charge in [-0.25, -0.2) is 0 Å². The minimum absolute atomic E-state index is 0.0685. The average Bonchev–Trinajstić information content (AvgIpc) is 2.97. The highest BCUT2D eigenvalue weighted by Gasteiger charge is 2.27. The average molecular weight is 317 g/mol. The van der Waals surface area contributed by atoms with E-state index in [9.17, 15) is 18.0 Å². The minimum atomic E-state index is -4.33. The number of ether oxygens (including phenoxy) is 2. The maximum Gasteiger partial charge on any atom is 0.411 e. The molecule has 122 valence electrons. The fourth-order valence-electron chi connectivity index (χ4n) is 2.15. The number of carbonyl (C=O) groups excluding carboxylic acids is 1. The molecule has 0 radical (unpaired) electrons. The molecule has 1 aromatic rings. The maximum absolute atomic E-state index is 12.0. The minimum Gasteiger partial charge on any atom is -0.376 e. The summed E-state index contributed by atoms with van der Waals surface area (Å²) in [6, 6.07) is 6.29. The molecule has 1 aliphatic rings. The second-order valence-electron chi connectivity index (χ2n) is 5.15. The van der Waals surface area contributed by atoms with Gasteiger partial charge in [0.05, 0.1) is 12.7 Å². The molecule has 1 heterocycles. The van der Waals surface area contributed by atoms with Gasteiger partial charge in [-0.3, -0.25) is 4.79 Å². The number of alkyl halides is 3. The predicted octanol–water partition coefficient (Wildman–Crippen LogP) is 2.67. The van der Waals surface area contributed by atoms with E-state index in [2.05, 4.69) is 10.1 Å². The SMILES string of the molecule is O=C(NC[C@@H]1CCCO1)c1ccc(COCC(F)(F)F)cc1. The van der Waals surface area contributed by atoms with Gasteiger partial charge in [0.1, 0.15) is 6.61 Å². The summed E-state index contributed by atoms with van der Waals surface area (Å²) >= 11 is 0. The lowest BCUT2D eigenvalue weighted by molar-refractivity contribution is -0.176. The molecule has 1 aliphatic heterocycles. The fourth-order valence-corrected chi connectivity index (χ4v) is 2.15. The van der Waals surface area contributed by atoms with Gasteiger partial charge in [0.25, 0.3) is 5.91 Å². The van der Waals surface area contributed by atoms with E-state index in [0.29, 0.717) is 17.7 Å². The maximum atomic E-state index is 12.0. The molecule has 1 amide bonds. The van der Waals surface area contributed by atoms with Gasteiger partial charge in [-0.05, 0) is 30.5 Å². The van der Waals surface area contributed by atoms with E-state index in [4.69, 9.17) is 4.74 Å². The standard InChI is InChI=1S/C15H18F3NO3/c16-15(17,18)10-21-9-11-3-5-12(6-4-11)14(20)19-8-13-2-1-7-22-13/h3-6,13H,1-2,7-10H2,(H,19,20)/t13-/m0/s1. The molecule has 7 heteroatoms. The topological polar surface area (TPSA) is 47.6 Å². The summed E-state index contributed by atoms with van der Waals surface area (Å²) in [5, 5.41) is 2.78. The van der Waals surface area contributed by atoms with E-state index in [1.54, 1.807) is 24.3 Å². The van der Waals surface area contributed by atoms with Gasteiger partial charge in [-0.1, -0.05) is 12.1 Å². The number of rotatable bonds is 6. The molecule has 0 unspecified atom stereocenters. The van der Waals surface area contributed by atoms with Crippen LogP contribution in [-0.2, 0) is 16.1 Å². The van der Waals surface area contributed by atoms with Crippen LogP contribution < -0.4 is 5.32 Å². The van der Waals surface area contributed by atoms with Crippen LogP contribution in [-0.4, -0.2) is 37.9 Å². The van der Waals surface area contributed by atoms with Crippen LogP contribution in [0.3, 0.4) is 0 Å². The molecule has 22 heavy (non-hydrogen) atoms. The van der Waals surface area contributed by atoms with Crippen molar-refractivity contribution < 1.29 is 27.4 Å². The molecule has 2 rings (SSSR count). The molecule has 1 N–H and O–H groups in total. The summed E-state index contributed by atoms with van der Waals surface area (Å²) in [6.07, 6.45) is -2.32. The first-order chi connectivity index (χ1) is 10.4. The largest absolute Gasteiger partial charge is 0.411 e. The Kier molecular flexibility index (Phi) is 5.79. The molecule has 0 aromatic heterocycles. The van der Waals surface area contributed by atoms with Gasteiger partial charge in [0.2, 0.25) is 0 Å². The molecular formula is C15H18F3NO3. The quantitative estimate of drug-likeness (QED) is 0.877. The Morgan fingerprint density at radius 1 is 1.32 bits per heavy atom. The van der Waals surface area contributed by atoms with Crippen molar-refractivity contribution in [2.24, 2.45) is 0 Å². The van der Waals surface area contributed by atoms with E-state index in [0.717, 1.165) is 19.4 Å². The monoisotopic (exact) mass is 317 g/mol. The van der Waals surface area contributed by atoms with Gasteiger partial charge in [-0.15, -0.1) is 0 Å². The summed E-state index contributed by atoms with van der Waals surface area (Å²) in [6.45, 7) is -0.226. The third kappa shape index (κ3) is 5.65. The molecule has 0 bridgehead atoms. The van der Waals surface area contributed by atoms with Crippen molar-refractivity contribution in [3.63, 3.8) is 0 Å². The molecule has 1 saturated heterocycles. The lowest BCUT2D eigenvalue weighted by Gasteiger charge is -2.11. The van der Waals surface area contributed by atoms with Gasteiger partial charge in [-0.2, -0.15) is 13.2 Å². The Morgan fingerprint density at radius 2 is 2.05 bits per heavy atom. The predicted molar refractivity (Wildman–Crippen MR) is 73.5 cm³/mol. The van der Waals surface area contributed by atoms with Crippen molar-refractivity contribution in [1.29, 1.82) is 0 Å². The summed E-state index contributed by atoms with van der Waals surface area (Å²) in [4.78, 5) is 11.9. The Morgan fingerprint density at radius 3 is 2.64 bits per heavy atom. The summed E-state index contributed by atoms with van der Waals surface area (Å²) in [5.74, 6) is -0.224. The van der Waals surface area contributed by atoms with Crippen LogP contribution >= 0.6 is 0 Å². The number of hydrogen-bond donors (Lipinski definition) is 1. The van der Waals surface area contributed by atoms with E-state index < -0.39 is 12.8 Å². The molecule has 0 spiro atoms. The molecule has 4 nitrogen and oxygen atoms in total. The Bertz CT molecular complexity index is 482. The zero-order chi connectivity index (χ0) is 16.0. The number of benzene rings is 1. The Balaban J connectivity index is 1.76. The Hall–Kier alpha value is -1.60. The lowest BCUT2D eigenvalue weighted by atomic mass is 10.1. The third-order valence-corrected chi connectivity index (χ3v) is 3.26. The van der Waals surface area contributed by atoms with Crippen molar-refractivity contribution in [1.82, 2.24) is 5.32 Å². The summed E-state index contributed by atoms with van der Waals surface area (Å²) in [7, 11) is 0. The zero-order valence-corrected chi connectivity index (χ0v) is 12.0. The highest BCUT2D eigenvalue weighted by molar-refractivity contribution is 5.94. The number of halogens is 3. The highest BCUT2D eigenvalue weighted by Crippen LogP contribution is 2.16. The van der Waals surface area contributed by atoms with E-state index in [1.165, 1.54) is 0 Å². The van der Waals surface area contributed by atoms with Crippen LogP contribution in [0.1, 0.15) is 28.8 Å². The number of amides is 1. The summed E-state index contributed by atoms with van der Waals surface area (Å²) in [5.41, 5.74) is 1.04. The molecular weight excluding hydrogens is 299 g/mol. The van der Waals surface area contributed by atoms with Crippen molar-refractivity contribution >= 4 is 5.91 Å². The lowest BCUT2D eigenvalue weighted by Crippen LogP contribution is -2.31. The van der Waals surface area contributed by atoms with Gasteiger partial charge in [0, 0.05) is 18.7 Å². The van der Waals surface area contributed by atoms with E-state index in [1.807, 2.05) is 0 Å². The molecule has 1 aromatic carbocycles. The smallest absolute Gasteiger partial charge is 0.376 e. The fraction of sp³-hybridized carbons (Fsp3) is 0.533. The van der Waals surface area contributed by atoms with Crippen molar-refractivity contribution in [2.75, 3.05) is 19.8 Å². The first-order valence-corrected chi connectivity index (χ1v) is 7.07. The van der Waals surface area contributed by atoms with Crippen LogP contribution in [0.25, 0.3) is 0 Å². The van der Waals surface area contributed by atoms with Crippen LogP contribution in [0.5, 0.6) is 0 Å². The molecule has 0 saturated carbocycles. The zero-order valence-electron chi connectivity index (χ0n) is 12.0. The van der Waals surface area contributed by atoms with Crippen molar-refractivity contribution in [3.8, 4) is 0 Å². The van der Waals surface area contributed by atoms with Crippen LogP contribution in [0.2, 0.25) is 0 Å². The van der Waals surface area contributed by atoms with Gasteiger partial charge < -0.3 is 14.8 Å². The number of hydrogen-bond acceptors (Lipinski definition) is 3. The Labute approximate surface area is 126 Å². The van der Waals surface area contributed by atoms with Crippen LogP contribution in [0.4, 0.5) is 13.2 Å². The molecule has 1 atom stereocenters. The first-order valence-electron chi connectivity index (χ1n) is 7.07. The molecule has 1 fully saturated rings. The number of nitrogens with one attached hydrogen (secondary N) is 1. The van der Waals surface area contributed by atoms with Crippen LogP contribution in [0.15, 0.2) is 24.3 Å². The second kappa shape index (κ2) is 7.60. The van der Waals surface area contributed by atoms with E-state index >= 15 is 0 Å². The van der Waals surface area contributed by atoms with Gasteiger partial charge >= 0.3 is 6.18 Å². The highest BCUT2D eigenvalue weighted by atomic mass is 19.4. The first kappa shape index (κ1) is 16.8. The van der Waals surface area contributed by atoms with E-state index in [-0.39, 0.29) is 18.6 Å².